The number of pyridine rings is 1. The monoisotopic (exact) mass is 401 g/mol. The molecular weight excluding hydrogens is 385 g/mol. The number of halogens is 1. The highest BCUT2D eigenvalue weighted by atomic mass is 127. The average Bonchev–Trinajstić information content (AvgIpc) is 2.53. The SMILES string of the molecule is COc1ccc(C#Cc2c[n+](C)cc3ccccc23)cc1.[I-]. The molecule has 1 aromatic heterocycles. The van der Waals surface area contributed by atoms with Crippen LogP contribution in [0.3, 0.4) is 0 Å². The first kappa shape index (κ1) is 16.3. The Balaban J connectivity index is 0.00000176. The van der Waals surface area contributed by atoms with E-state index in [1.807, 2.05) is 48.0 Å². The number of rotatable bonds is 1. The summed E-state index contributed by atoms with van der Waals surface area (Å²) in [5, 5.41) is 2.37. The van der Waals surface area contributed by atoms with Gasteiger partial charge in [-0.15, -0.1) is 0 Å². The normalized spacial score (nSPS) is 9.55. The molecule has 3 rings (SSSR count). The van der Waals surface area contributed by atoms with Crippen LogP contribution in [0.4, 0.5) is 0 Å². The van der Waals surface area contributed by atoms with Crippen molar-refractivity contribution in [3.8, 4) is 17.6 Å². The van der Waals surface area contributed by atoms with E-state index in [0.717, 1.165) is 16.9 Å². The number of fused-ring (bicyclic) bond motifs is 1. The van der Waals surface area contributed by atoms with Gasteiger partial charge in [0, 0.05) is 16.3 Å². The molecule has 0 bridgehead atoms. The van der Waals surface area contributed by atoms with Crippen LogP contribution >= 0.6 is 0 Å². The fraction of sp³-hybridized carbons (Fsp3) is 0.105. The van der Waals surface area contributed by atoms with E-state index in [0.29, 0.717) is 0 Å². The van der Waals surface area contributed by atoms with Gasteiger partial charge in [-0.25, -0.2) is 4.57 Å². The average molecular weight is 401 g/mol. The van der Waals surface area contributed by atoms with Crippen molar-refractivity contribution in [1.29, 1.82) is 0 Å². The third-order valence-electron chi connectivity index (χ3n) is 3.36. The molecule has 0 aliphatic carbocycles. The van der Waals surface area contributed by atoms with Crippen LogP contribution in [0.25, 0.3) is 10.8 Å². The molecule has 0 fully saturated rings. The molecule has 3 aromatic rings. The van der Waals surface area contributed by atoms with Gasteiger partial charge in [-0.05, 0) is 30.3 Å². The van der Waals surface area contributed by atoms with Gasteiger partial charge in [0.1, 0.15) is 12.8 Å². The minimum absolute atomic E-state index is 0. The molecular formula is C19H16INO. The van der Waals surface area contributed by atoms with Gasteiger partial charge >= 0.3 is 0 Å². The molecule has 0 saturated heterocycles. The molecule has 0 atom stereocenters. The largest absolute Gasteiger partial charge is 1.00 e. The number of nitrogens with zero attached hydrogens (tertiary/aromatic N) is 1. The van der Waals surface area contributed by atoms with E-state index in [9.17, 15) is 0 Å². The first-order valence-corrected chi connectivity index (χ1v) is 6.80. The molecule has 0 unspecified atom stereocenters. The van der Waals surface area contributed by atoms with Gasteiger partial charge in [-0.3, -0.25) is 0 Å². The van der Waals surface area contributed by atoms with Crippen molar-refractivity contribution in [3.63, 3.8) is 0 Å². The van der Waals surface area contributed by atoms with E-state index in [1.165, 1.54) is 10.8 Å². The zero-order valence-electron chi connectivity index (χ0n) is 12.5. The fourth-order valence-electron chi connectivity index (χ4n) is 2.30. The summed E-state index contributed by atoms with van der Waals surface area (Å²) in [7, 11) is 3.68. The van der Waals surface area contributed by atoms with Gasteiger partial charge in [0.15, 0.2) is 12.4 Å². The summed E-state index contributed by atoms with van der Waals surface area (Å²) in [5.74, 6) is 7.33. The van der Waals surface area contributed by atoms with E-state index < -0.39 is 0 Å². The van der Waals surface area contributed by atoms with Crippen molar-refractivity contribution in [1.82, 2.24) is 0 Å². The summed E-state index contributed by atoms with van der Waals surface area (Å²) >= 11 is 0. The minimum Gasteiger partial charge on any atom is -1.00 e. The molecule has 0 saturated carbocycles. The first-order chi connectivity index (χ1) is 10.3. The summed E-state index contributed by atoms with van der Waals surface area (Å²) < 4.78 is 7.20. The molecule has 0 spiro atoms. The first-order valence-electron chi connectivity index (χ1n) is 6.80. The molecule has 3 heteroatoms. The van der Waals surface area contributed by atoms with Crippen LogP contribution in [-0.2, 0) is 7.05 Å². The van der Waals surface area contributed by atoms with Gasteiger partial charge in [0.05, 0.1) is 12.7 Å². The van der Waals surface area contributed by atoms with Crippen molar-refractivity contribution in [3.05, 3.63) is 72.1 Å². The quantitative estimate of drug-likeness (QED) is 0.320. The molecule has 0 amide bonds. The highest BCUT2D eigenvalue weighted by molar-refractivity contribution is 5.86. The Bertz CT molecular complexity index is 845. The number of ether oxygens (including phenoxy) is 1. The minimum atomic E-state index is 0. The molecule has 110 valence electrons. The van der Waals surface area contributed by atoms with Crippen molar-refractivity contribution < 1.29 is 33.3 Å². The zero-order valence-corrected chi connectivity index (χ0v) is 14.7. The van der Waals surface area contributed by atoms with E-state index >= 15 is 0 Å². The van der Waals surface area contributed by atoms with Crippen molar-refractivity contribution in [2.24, 2.45) is 7.05 Å². The van der Waals surface area contributed by atoms with Crippen LogP contribution in [0.15, 0.2) is 60.9 Å². The maximum Gasteiger partial charge on any atom is 0.184 e. The molecule has 0 radical (unpaired) electrons. The van der Waals surface area contributed by atoms with Gasteiger partial charge in [0.2, 0.25) is 0 Å². The van der Waals surface area contributed by atoms with E-state index in [4.69, 9.17) is 4.74 Å². The van der Waals surface area contributed by atoms with Crippen LogP contribution in [-0.4, -0.2) is 7.11 Å². The fourth-order valence-corrected chi connectivity index (χ4v) is 2.30. The lowest BCUT2D eigenvalue weighted by atomic mass is 10.1. The Morgan fingerprint density at radius 1 is 0.909 bits per heavy atom. The summed E-state index contributed by atoms with van der Waals surface area (Å²) in [5.41, 5.74) is 2.01. The third-order valence-corrected chi connectivity index (χ3v) is 3.36. The molecule has 2 nitrogen and oxygen atoms in total. The Labute approximate surface area is 147 Å². The van der Waals surface area contributed by atoms with Gasteiger partial charge in [-0.2, -0.15) is 0 Å². The van der Waals surface area contributed by atoms with Gasteiger partial charge in [0.25, 0.3) is 0 Å². The Kier molecular flexibility index (Phi) is 5.40. The molecule has 2 aromatic carbocycles. The van der Waals surface area contributed by atoms with Crippen LogP contribution < -0.4 is 33.3 Å². The van der Waals surface area contributed by atoms with Crippen LogP contribution in [0, 0.1) is 11.8 Å². The second kappa shape index (κ2) is 7.28. The van der Waals surface area contributed by atoms with Gasteiger partial charge in [-0.1, -0.05) is 30.0 Å². The molecule has 1 heterocycles. The summed E-state index contributed by atoms with van der Waals surface area (Å²) in [4.78, 5) is 0. The number of methoxy groups -OCH3 is 1. The van der Waals surface area contributed by atoms with Crippen LogP contribution in [0.2, 0.25) is 0 Å². The topological polar surface area (TPSA) is 13.1 Å². The van der Waals surface area contributed by atoms with E-state index in [1.54, 1.807) is 7.11 Å². The maximum atomic E-state index is 5.15. The zero-order chi connectivity index (χ0) is 14.7. The maximum absolute atomic E-state index is 5.15. The molecule has 22 heavy (non-hydrogen) atoms. The highest BCUT2D eigenvalue weighted by Crippen LogP contribution is 2.15. The van der Waals surface area contributed by atoms with E-state index in [2.05, 4.69) is 36.4 Å². The Hall–Kier alpha value is -2.06. The number of hydrogen-bond acceptors (Lipinski definition) is 1. The summed E-state index contributed by atoms with van der Waals surface area (Å²) in [6.07, 6.45) is 4.16. The number of aromatic nitrogens is 1. The third kappa shape index (κ3) is 3.58. The lowest BCUT2D eigenvalue weighted by molar-refractivity contribution is -0.670. The van der Waals surface area contributed by atoms with Crippen molar-refractivity contribution in [2.75, 3.05) is 7.11 Å². The molecule has 0 N–H and O–H groups in total. The van der Waals surface area contributed by atoms with Crippen molar-refractivity contribution >= 4 is 10.8 Å². The van der Waals surface area contributed by atoms with Gasteiger partial charge < -0.3 is 28.7 Å². The second-order valence-electron chi connectivity index (χ2n) is 4.90. The highest BCUT2D eigenvalue weighted by Gasteiger charge is 2.04. The van der Waals surface area contributed by atoms with Crippen LogP contribution in [0.5, 0.6) is 5.75 Å². The van der Waals surface area contributed by atoms with Crippen LogP contribution in [0.1, 0.15) is 11.1 Å². The predicted octanol–water partition coefficient (Wildman–Crippen LogP) is 0.0767. The van der Waals surface area contributed by atoms with E-state index in [-0.39, 0.29) is 24.0 Å². The lowest BCUT2D eigenvalue weighted by Gasteiger charge is -1.99. The summed E-state index contributed by atoms with van der Waals surface area (Å²) in [6.45, 7) is 0. The Morgan fingerprint density at radius 2 is 1.64 bits per heavy atom. The Morgan fingerprint density at radius 3 is 2.36 bits per heavy atom. The number of benzene rings is 2. The molecule has 0 aliphatic heterocycles. The lowest BCUT2D eigenvalue weighted by Crippen LogP contribution is -3.00. The smallest absolute Gasteiger partial charge is 0.184 e. The standard InChI is InChI=1S/C19H16NO.HI/c1-20-13-16-5-3-4-6-19(16)17(14-20)10-7-15-8-11-18(21-2)12-9-15;/h3-6,8-9,11-14H,1-2H3;1H/q+1;/p-1. The predicted molar refractivity (Wildman–Crippen MR) is 84.1 cm³/mol. The number of hydrogen-bond donors (Lipinski definition) is 0. The van der Waals surface area contributed by atoms with Crippen molar-refractivity contribution in [2.45, 2.75) is 0 Å². The number of aryl methyl sites for hydroxylation is 1. The summed E-state index contributed by atoms with van der Waals surface area (Å²) in [6, 6.07) is 16.1. The molecule has 0 aliphatic rings. The second-order valence-corrected chi connectivity index (χ2v) is 4.90.